The van der Waals surface area contributed by atoms with Crippen molar-refractivity contribution in [3.05, 3.63) is 61.1 Å². The van der Waals surface area contributed by atoms with Crippen LogP contribution in [0.1, 0.15) is 53.6 Å². The molecule has 2 fully saturated rings. The Kier molecular flexibility index (Phi) is 5.58. The number of hydrogen-bond donors (Lipinski definition) is 2. The van der Waals surface area contributed by atoms with Gasteiger partial charge in [0.2, 0.25) is 0 Å². The van der Waals surface area contributed by atoms with E-state index in [4.69, 9.17) is 5.73 Å². The van der Waals surface area contributed by atoms with Crippen LogP contribution >= 0.6 is 22.6 Å². The van der Waals surface area contributed by atoms with Crippen LogP contribution in [0.5, 0.6) is 0 Å². The number of alkyl halides is 3. The molecule has 0 bridgehead atoms. The molecule has 0 aliphatic heterocycles. The summed E-state index contributed by atoms with van der Waals surface area (Å²) in [6, 6.07) is 5.65. The number of aromatic nitrogens is 1. The Morgan fingerprint density at radius 1 is 1.30 bits per heavy atom. The number of pyridine rings is 1. The van der Waals surface area contributed by atoms with Crippen LogP contribution in [0.4, 0.5) is 18.9 Å². The van der Waals surface area contributed by atoms with Gasteiger partial charge in [-0.25, -0.2) is 13.2 Å². The van der Waals surface area contributed by atoms with Crippen LogP contribution in [0.25, 0.3) is 0 Å². The van der Waals surface area contributed by atoms with E-state index in [1.807, 2.05) is 22.6 Å². The molecule has 1 unspecified atom stereocenters. The average Bonchev–Trinajstić information content (AvgIpc) is 3.60. The Labute approximate surface area is 185 Å². The molecule has 3 N–H and O–H groups in total. The predicted octanol–water partition coefficient (Wildman–Crippen LogP) is 4.14. The number of hydrogen-bond acceptors (Lipinski definition) is 3. The van der Waals surface area contributed by atoms with Gasteiger partial charge < -0.3 is 15.6 Å². The summed E-state index contributed by atoms with van der Waals surface area (Å²) in [5.41, 5.74) is 5.11. The van der Waals surface area contributed by atoms with Crippen LogP contribution in [0.3, 0.4) is 0 Å². The number of nitrogens with one attached hydrogen (secondary N) is 1. The second-order valence-electron chi connectivity index (χ2n) is 8.00. The van der Waals surface area contributed by atoms with Crippen molar-refractivity contribution in [1.82, 2.24) is 9.88 Å². The average molecular weight is 531 g/mol. The first-order chi connectivity index (χ1) is 14.2. The number of carbonyl (C=O) groups excluding carboxylic acids is 1. The first-order valence-electron chi connectivity index (χ1n) is 9.75. The summed E-state index contributed by atoms with van der Waals surface area (Å²) in [6.45, 7) is 0.0230. The number of nitrogens with two attached hydrogens (primary N) is 1. The van der Waals surface area contributed by atoms with Crippen molar-refractivity contribution in [2.24, 2.45) is 5.92 Å². The van der Waals surface area contributed by atoms with Gasteiger partial charge in [0.25, 0.3) is 17.9 Å². The monoisotopic (exact) mass is 531 g/mol. The Hall–Kier alpha value is -2.04. The fraction of sp³-hybridized carbons (Fsp3) is 0.429. The maximum Gasteiger partial charge on any atom is 0.264 e. The predicted molar refractivity (Wildman–Crippen MR) is 115 cm³/mol. The molecular formula is C21H21F3IN3O2. The van der Waals surface area contributed by atoms with E-state index >= 15 is 0 Å². The third kappa shape index (κ3) is 3.83. The molecule has 2 saturated carbocycles. The van der Waals surface area contributed by atoms with E-state index in [0.29, 0.717) is 22.0 Å². The largest absolute Gasteiger partial charge is 0.398 e. The molecule has 1 amide bonds. The van der Waals surface area contributed by atoms with Crippen molar-refractivity contribution >= 4 is 34.2 Å². The highest BCUT2D eigenvalue weighted by Gasteiger charge is 2.57. The topological polar surface area (TPSA) is 77.1 Å². The molecule has 2 aromatic rings. The second kappa shape index (κ2) is 7.90. The summed E-state index contributed by atoms with van der Waals surface area (Å²) in [6.07, 6.45) is 0.347. The SMILES string of the molecule is Nc1cc(=O)n(C2(C(F)C3CC3)CC2)cc1C(=O)NCc1cccc(C(F)F)c1I. The lowest BCUT2D eigenvalue weighted by Crippen LogP contribution is -2.39. The molecular weight excluding hydrogens is 510 g/mol. The summed E-state index contributed by atoms with van der Waals surface area (Å²) < 4.78 is 42.8. The van der Waals surface area contributed by atoms with Gasteiger partial charge in [0, 0.05) is 27.9 Å². The zero-order chi connectivity index (χ0) is 21.6. The molecule has 0 radical (unpaired) electrons. The highest BCUT2D eigenvalue weighted by Crippen LogP contribution is 2.54. The molecule has 5 nitrogen and oxygen atoms in total. The zero-order valence-corrected chi connectivity index (χ0v) is 18.2. The molecule has 1 aromatic heterocycles. The molecule has 9 heteroatoms. The van der Waals surface area contributed by atoms with Crippen molar-refractivity contribution in [2.45, 2.75) is 50.4 Å². The van der Waals surface area contributed by atoms with Crippen LogP contribution < -0.4 is 16.6 Å². The molecule has 1 aromatic carbocycles. The van der Waals surface area contributed by atoms with Gasteiger partial charge >= 0.3 is 0 Å². The third-order valence-electron chi connectivity index (χ3n) is 5.90. The summed E-state index contributed by atoms with van der Waals surface area (Å²) in [4.78, 5) is 25.2. The third-order valence-corrected chi connectivity index (χ3v) is 7.22. The molecule has 160 valence electrons. The molecule has 1 heterocycles. The number of benzene rings is 1. The Bertz CT molecular complexity index is 1050. The van der Waals surface area contributed by atoms with Crippen molar-refractivity contribution < 1.29 is 18.0 Å². The summed E-state index contributed by atoms with van der Waals surface area (Å²) in [7, 11) is 0. The van der Waals surface area contributed by atoms with Gasteiger partial charge in [-0.2, -0.15) is 0 Å². The lowest BCUT2D eigenvalue weighted by Gasteiger charge is -2.24. The van der Waals surface area contributed by atoms with Crippen molar-refractivity contribution in [2.75, 3.05) is 5.73 Å². The minimum Gasteiger partial charge on any atom is -0.398 e. The summed E-state index contributed by atoms with van der Waals surface area (Å²) in [5, 5.41) is 2.67. The maximum atomic E-state index is 14.9. The van der Waals surface area contributed by atoms with Crippen LogP contribution in [0.2, 0.25) is 0 Å². The van der Waals surface area contributed by atoms with E-state index in [1.165, 1.54) is 22.9 Å². The highest BCUT2D eigenvalue weighted by atomic mass is 127. The van der Waals surface area contributed by atoms with Crippen LogP contribution in [0.15, 0.2) is 35.3 Å². The van der Waals surface area contributed by atoms with E-state index in [1.54, 1.807) is 6.07 Å². The van der Waals surface area contributed by atoms with Gasteiger partial charge in [-0.05, 0) is 59.8 Å². The quantitative estimate of drug-likeness (QED) is 0.528. The van der Waals surface area contributed by atoms with Crippen LogP contribution in [-0.2, 0) is 12.1 Å². The maximum absolute atomic E-state index is 14.9. The van der Waals surface area contributed by atoms with Crippen molar-refractivity contribution in [3.63, 3.8) is 0 Å². The van der Waals surface area contributed by atoms with E-state index in [-0.39, 0.29) is 29.3 Å². The van der Waals surface area contributed by atoms with Gasteiger partial charge in [0.05, 0.1) is 16.8 Å². The lowest BCUT2D eigenvalue weighted by molar-refractivity contribution is 0.0949. The minimum absolute atomic E-state index is 0.00223. The summed E-state index contributed by atoms with van der Waals surface area (Å²) >= 11 is 1.83. The van der Waals surface area contributed by atoms with Crippen molar-refractivity contribution in [1.29, 1.82) is 0 Å². The number of carbonyl (C=O) groups is 1. The zero-order valence-electron chi connectivity index (χ0n) is 16.0. The highest BCUT2D eigenvalue weighted by molar-refractivity contribution is 14.1. The smallest absolute Gasteiger partial charge is 0.264 e. The second-order valence-corrected chi connectivity index (χ2v) is 9.08. The van der Waals surface area contributed by atoms with E-state index in [2.05, 4.69) is 5.32 Å². The molecule has 2 aliphatic carbocycles. The fourth-order valence-corrected chi connectivity index (χ4v) is 4.65. The Morgan fingerprint density at radius 3 is 2.60 bits per heavy atom. The number of rotatable bonds is 7. The Balaban J connectivity index is 1.57. The van der Waals surface area contributed by atoms with Crippen molar-refractivity contribution in [3.8, 4) is 0 Å². The van der Waals surface area contributed by atoms with E-state index in [0.717, 1.165) is 18.9 Å². The number of anilines is 1. The number of halogens is 4. The first kappa shape index (κ1) is 21.2. The first-order valence-corrected chi connectivity index (χ1v) is 10.8. The molecule has 2 aliphatic rings. The Morgan fingerprint density at radius 2 is 2.00 bits per heavy atom. The van der Waals surface area contributed by atoms with Gasteiger partial charge in [0.15, 0.2) is 0 Å². The molecule has 0 spiro atoms. The van der Waals surface area contributed by atoms with Gasteiger partial charge in [-0.15, -0.1) is 0 Å². The summed E-state index contributed by atoms with van der Waals surface area (Å²) in [5.74, 6) is -0.574. The number of nitrogens with zero attached hydrogens (tertiary/aromatic N) is 1. The lowest BCUT2D eigenvalue weighted by atomic mass is 10.0. The van der Waals surface area contributed by atoms with Gasteiger partial charge in [0.1, 0.15) is 6.17 Å². The molecule has 30 heavy (non-hydrogen) atoms. The standard InChI is InChI=1S/C21H21F3IN3O2/c22-18(11-4-5-11)21(6-7-21)28-10-14(15(26)8-16(28)29)20(30)27-9-12-2-1-3-13(17(12)25)19(23)24/h1-3,8,10-11,18-19H,4-7,9,26H2,(H,27,30). The fourth-order valence-electron chi connectivity index (χ4n) is 3.87. The van der Waals surface area contributed by atoms with E-state index < -0.39 is 29.6 Å². The number of nitrogen functional groups attached to an aromatic ring is 1. The van der Waals surface area contributed by atoms with Gasteiger partial charge in [-0.1, -0.05) is 18.2 Å². The van der Waals surface area contributed by atoms with Crippen LogP contribution in [-0.4, -0.2) is 16.6 Å². The molecule has 1 atom stereocenters. The minimum atomic E-state index is -2.61. The normalized spacial score (nSPS) is 18.3. The van der Waals surface area contributed by atoms with Crippen LogP contribution in [0, 0.1) is 9.49 Å². The molecule has 0 saturated heterocycles. The van der Waals surface area contributed by atoms with Gasteiger partial charge in [-0.3, -0.25) is 9.59 Å². The van der Waals surface area contributed by atoms with E-state index in [9.17, 15) is 22.8 Å². The number of amides is 1. The molecule has 4 rings (SSSR count).